The van der Waals surface area contributed by atoms with Gasteiger partial charge in [-0.05, 0) is 45.0 Å². The fourth-order valence-corrected chi connectivity index (χ4v) is 3.14. The first kappa shape index (κ1) is 21.6. The largest absolute Gasteiger partial charge is 0.416 e. The van der Waals surface area contributed by atoms with Crippen LogP contribution in [0.25, 0.3) is 5.69 Å². The molecule has 0 radical (unpaired) electrons. The molecular formula is C19H18ClF3N6O. The van der Waals surface area contributed by atoms with Crippen molar-refractivity contribution >= 4 is 23.7 Å². The van der Waals surface area contributed by atoms with Gasteiger partial charge in [-0.15, -0.1) is 0 Å². The molecule has 0 saturated heterocycles. The molecule has 2 aromatic heterocycles. The molecule has 3 rings (SSSR count). The first-order chi connectivity index (χ1) is 14.1. The summed E-state index contributed by atoms with van der Waals surface area (Å²) in [4.78, 5) is 12.0. The summed E-state index contributed by atoms with van der Waals surface area (Å²) in [7, 11) is 0. The smallest absolute Gasteiger partial charge is 0.271 e. The van der Waals surface area contributed by atoms with Crippen LogP contribution in [0.2, 0.25) is 5.15 Å². The van der Waals surface area contributed by atoms with Crippen molar-refractivity contribution in [3.05, 3.63) is 63.7 Å². The van der Waals surface area contributed by atoms with Crippen molar-refractivity contribution in [1.29, 1.82) is 0 Å². The van der Waals surface area contributed by atoms with Gasteiger partial charge in [0.1, 0.15) is 11.7 Å². The molecule has 11 heteroatoms. The lowest BCUT2D eigenvalue weighted by molar-refractivity contribution is -0.137. The van der Waals surface area contributed by atoms with Gasteiger partial charge in [0.15, 0.2) is 0 Å². The fraction of sp³-hybridized carbons (Fsp3) is 0.263. The van der Waals surface area contributed by atoms with Crippen LogP contribution in [-0.2, 0) is 17.5 Å². The molecule has 0 aliphatic heterocycles. The predicted octanol–water partition coefficient (Wildman–Crippen LogP) is 3.82. The number of hydrogen-bond donors (Lipinski definition) is 1. The van der Waals surface area contributed by atoms with Crippen LogP contribution in [0.4, 0.5) is 13.2 Å². The minimum Gasteiger partial charge on any atom is -0.271 e. The van der Waals surface area contributed by atoms with E-state index in [1.54, 1.807) is 11.6 Å². The molecule has 0 atom stereocenters. The Labute approximate surface area is 175 Å². The molecule has 158 valence electrons. The van der Waals surface area contributed by atoms with Gasteiger partial charge < -0.3 is 0 Å². The zero-order chi connectivity index (χ0) is 22.1. The lowest BCUT2D eigenvalue weighted by atomic mass is 10.2. The molecule has 7 nitrogen and oxygen atoms in total. The average molecular weight is 439 g/mol. The normalized spacial score (nSPS) is 12.0. The molecule has 0 saturated carbocycles. The van der Waals surface area contributed by atoms with Gasteiger partial charge >= 0.3 is 6.18 Å². The number of alkyl halides is 3. The highest BCUT2D eigenvalue weighted by Gasteiger charge is 2.30. The van der Waals surface area contributed by atoms with E-state index in [9.17, 15) is 18.0 Å². The Morgan fingerprint density at radius 3 is 2.60 bits per heavy atom. The van der Waals surface area contributed by atoms with Gasteiger partial charge in [0.05, 0.1) is 34.4 Å². The van der Waals surface area contributed by atoms with E-state index >= 15 is 0 Å². The van der Waals surface area contributed by atoms with Crippen molar-refractivity contribution in [3.8, 4) is 5.69 Å². The molecule has 0 unspecified atom stereocenters. The molecule has 0 aliphatic rings. The van der Waals surface area contributed by atoms with Gasteiger partial charge in [-0.1, -0.05) is 17.7 Å². The van der Waals surface area contributed by atoms with E-state index in [1.807, 2.05) is 19.9 Å². The van der Waals surface area contributed by atoms with Crippen LogP contribution in [0.1, 0.15) is 28.2 Å². The summed E-state index contributed by atoms with van der Waals surface area (Å²) in [5, 5.41) is 12.3. The second kappa shape index (κ2) is 8.31. The molecule has 3 aromatic rings. The van der Waals surface area contributed by atoms with Crippen molar-refractivity contribution in [1.82, 2.24) is 25.0 Å². The Hall–Kier alpha value is -3.14. The molecule has 1 aromatic carbocycles. The number of amides is 1. The summed E-state index contributed by atoms with van der Waals surface area (Å²) < 4.78 is 41.6. The number of aryl methyl sites for hydroxylation is 3. The monoisotopic (exact) mass is 438 g/mol. The van der Waals surface area contributed by atoms with Gasteiger partial charge in [-0.3, -0.25) is 9.48 Å². The molecule has 30 heavy (non-hydrogen) atoms. The lowest BCUT2D eigenvalue weighted by Crippen LogP contribution is -2.24. The van der Waals surface area contributed by atoms with Crippen LogP contribution < -0.4 is 5.43 Å². The van der Waals surface area contributed by atoms with Gasteiger partial charge in [-0.2, -0.15) is 28.5 Å². The molecule has 0 fully saturated rings. The first-order valence-corrected chi connectivity index (χ1v) is 9.20. The van der Waals surface area contributed by atoms with Crippen molar-refractivity contribution in [2.75, 3.05) is 0 Å². The van der Waals surface area contributed by atoms with Crippen LogP contribution in [-0.4, -0.2) is 31.7 Å². The molecule has 1 N–H and O–H groups in total. The van der Waals surface area contributed by atoms with Crippen LogP contribution >= 0.6 is 11.6 Å². The maximum Gasteiger partial charge on any atom is 0.416 e. The number of rotatable bonds is 5. The third-order valence-corrected chi connectivity index (χ3v) is 4.61. The maximum atomic E-state index is 13.0. The second-order valence-corrected chi connectivity index (χ2v) is 6.99. The van der Waals surface area contributed by atoms with Crippen molar-refractivity contribution in [2.45, 2.75) is 33.5 Å². The summed E-state index contributed by atoms with van der Waals surface area (Å²) in [6.45, 7) is 5.29. The minimum atomic E-state index is -4.48. The van der Waals surface area contributed by atoms with E-state index in [1.165, 1.54) is 23.0 Å². The van der Waals surface area contributed by atoms with Crippen LogP contribution in [0, 0.1) is 20.8 Å². The topological polar surface area (TPSA) is 77.1 Å². The van der Waals surface area contributed by atoms with E-state index in [2.05, 4.69) is 20.7 Å². The zero-order valence-electron chi connectivity index (χ0n) is 16.3. The highest BCUT2D eigenvalue weighted by molar-refractivity contribution is 6.32. The van der Waals surface area contributed by atoms with E-state index < -0.39 is 17.6 Å². The summed E-state index contributed by atoms with van der Waals surface area (Å²) in [6.07, 6.45) is -3.18. The summed E-state index contributed by atoms with van der Waals surface area (Å²) >= 11 is 6.30. The number of hydrazone groups is 1. The quantitative estimate of drug-likeness (QED) is 0.486. The SMILES string of the molecule is Cc1cc(C)n(CC(=O)N/N=C/c2c(C)nn(-c3cccc(C(F)(F)F)c3)c2Cl)n1. The number of halogens is 4. The van der Waals surface area contributed by atoms with Crippen molar-refractivity contribution < 1.29 is 18.0 Å². The Bertz CT molecular complexity index is 1120. The molecule has 2 heterocycles. The third kappa shape index (κ3) is 4.70. The van der Waals surface area contributed by atoms with Gasteiger partial charge in [0.25, 0.3) is 5.91 Å². The number of carbonyl (C=O) groups excluding carboxylic acids is 1. The van der Waals surface area contributed by atoms with Crippen molar-refractivity contribution in [3.63, 3.8) is 0 Å². The van der Waals surface area contributed by atoms with Gasteiger partial charge in [0, 0.05) is 5.69 Å². The third-order valence-electron chi connectivity index (χ3n) is 4.25. The molecule has 0 spiro atoms. The average Bonchev–Trinajstić information content (AvgIpc) is 3.13. The standard InChI is InChI=1S/C19H18ClF3N6O/c1-11-7-12(2)28(26-11)10-17(30)25-24-9-16-13(3)27-29(18(16)20)15-6-4-5-14(8-15)19(21,22)23/h4-9H,10H2,1-3H3,(H,25,30)/b24-9+. The Balaban J connectivity index is 1.76. The number of nitrogens with zero attached hydrogens (tertiary/aromatic N) is 5. The summed E-state index contributed by atoms with van der Waals surface area (Å²) in [6, 6.07) is 6.51. The fourth-order valence-electron chi connectivity index (χ4n) is 2.82. The van der Waals surface area contributed by atoms with Gasteiger partial charge in [-0.25, -0.2) is 10.1 Å². The molecule has 0 aliphatic carbocycles. The number of benzene rings is 1. The van der Waals surface area contributed by atoms with E-state index in [-0.39, 0.29) is 17.4 Å². The van der Waals surface area contributed by atoms with E-state index in [0.29, 0.717) is 11.3 Å². The predicted molar refractivity (Wildman–Crippen MR) is 106 cm³/mol. The Morgan fingerprint density at radius 1 is 1.23 bits per heavy atom. The first-order valence-electron chi connectivity index (χ1n) is 8.82. The highest BCUT2D eigenvalue weighted by atomic mass is 35.5. The zero-order valence-corrected chi connectivity index (χ0v) is 17.1. The summed E-state index contributed by atoms with van der Waals surface area (Å²) in [5.74, 6) is -0.392. The van der Waals surface area contributed by atoms with Crippen molar-refractivity contribution in [2.24, 2.45) is 5.10 Å². The number of nitrogens with one attached hydrogen (secondary N) is 1. The molecular weight excluding hydrogens is 421 g/mol. The lowest BCUT2D eigenvalue weighted by Gasteiger charge is -2.09. The second-order valence-electron chi connectivity index (χ2n) is 6.63. The number of aromatic nitrogens is 4. The number of hydrogen-bond acceptors (Lipinski definition) is 4. The molecule has 0 bridgehead atoms. The van der Waals surface area contributed by atoms with Crippen LogP contribution in [0.15, 0.2) is 35.4 Å². The summed E-state index contributed by atoms with van der Waals surface area (Å²) in [5.41, 5.74) is 4.18. The van der Waals surface area contributed by atoms with E-state index in [4.69, 9.17) is 11.6 Å². The van der Waals surface area contributed by atoms with E-state index in [0.717, 1.165) is 23.5 Å². The Morgan fingerprint density at radius 2 is 1.97 bits per heavy atom. The van der Waals surface area contributed by atoms with Crippen LogP contribution in [0.5, 0.6) is 0 Å². The molecule has 1 amide bonds. The minimum absolute atomic E-state index is 0.00672. The van der Waals surface area contributed by atoms with Crippen LogP contribution in [0.3, 0.4) is 0 Å². The number of carbonyl (C=O) groups is 1. The maximum absolute atomic E-state index is 13.0. The van der Waals surface area contributed by atoms with Gasteiger partial charge in [0.2, 0.25) is 0 Å². The highest BCUT2D eigenvalue weighted by Crippen LogP contribution is 2.31. The Kier molecular flexibility index (Phi) is 5.97.